The van der Waals surface area contributed by atoms with Crippen molar-refractivity contribution in [2.24, 2.45) is 0 Å². The lowest BCUT2D eigenvalue weighted by Crippen LogP contribution is -2.49. The fourth-order valence-electron chi connectivity index (χ4n) is 2.21. The summed E-state index contributed by atoms with van der Waals surface area (Å²) in [5, 5.41) is 13.9. The monoisotopic (exact) mass is 229 g/mol. The zero-order valence-corrected chi connectivity index (χ0v) is 10.5. The number of aliphatic hydroxyl groups excluding tert-OH is 1. The summed E-state index contributed by atoms with van der Waals surface area (Å²) in [5.74, 6) is 1.06. The molecule has 0 saturated heterocycles. The Morgan fingerprint density at radius 1 is 1.27 bits per heavy atom. The number of hydrogen-bond acceptors (Lipinski definition) is 3. The van der Waals surface area contributed by atoms with Gasteiger partial charge in [-0.2, -0.15) is 11.8 Å². The second kappa shape index (κ2) is 5.07. The number of hydrogen-bond donors (Lipinski definition) is 2. The van der Waals surface area contributed by atoms with E-state index < -0.39 is 0 Å². The van der Waals surface area contributed by atoms with Gasteiger partial charge in [0, 0.05) is 22.6 Å². The van der Waals surface area contributed by atoms with Crippen molar-refractivity contribution in [1.29, 1.82) is 0 Å². The van der Waals surface area contributed by atoms with Gasteiger partial charge in [0.1, 0.15) is 0 Å². The summed E-state index contributed by atoms with van der Waals surface area (Å²) in [4.78, 5) is 0. The maximum absolute atomic E-state index is 9.46. The molecule has 0 heterocycles. The van der Waals surface area contributed by atoms with E-state index in [0.717, 1.165) is 11.0 Å². The average Bonchev–Trinajstić information content (AvgIpc) is 2.88. The first-order valence-corrected chi connectivity index (χ1v) is 7.27. The third-order valence-electron chi connectivity index (χ3n) is 3.42. The first-order valence-electron chi connectivity index (χ1n) is 6.22. The number of nitrogens with one attached hydrogen (secondary N) is 1. The minimum atomic E-state index is -0.0472. The van der Waals surface area contributed by atoms with Crippen molar-refractivity contribution in [3.8, 4) is 0 Å². The van der Waals surface area contributed by atoms with E-state index in [2.05, 4.69) is 24.0 Å². The molecule has 1 unspecified atom stereocenters. The molecule has 0 aromatic heterocycles. The van der Waals surface area contributed by atoms with E-state index in [1.165, 1.54) is 38.5 Å². The molecule has 88 valence electrons. The Morgan fingerprint density at radius 2 is 1.93 bits per heavy atom. The van der Waals surface area contributed by atoms with Crippen LogP contribution in [0.4, 0.5) is 0 Å². The Morgan fingerprint density at radius 3 is 2.47 bits per heavy atom. The Kier molecular flexibility index (Phi) is 3.97. The van der Waals surface area contributed by atoms with Gasteiger partial charge in [0.15, 0.2) is 0 Å². The molecule has 0 spiro atoms. The van der Waals surface area contributed by atoms with Crippen LogP contribution in [0.25, 0.3) is 0 Å². The van der Waals surface area contributed by atoms with Crippen molar-refractivity contribution in [3.05, 3.63) is 0 Å². The lowest BCUT2D eigenvalue weighted by Gasteiger charge is -2.29. The largest absolute Gasteiger partial charge is 0.394 e. The van der Waals surface area contributed by atoms with Crippen LogP contribution in [-0.2, 0) is 0 Å². The van der Waals surface area contributed by atoms with Gasteiger partial charge in [-0.1, -0.05) is 12.8 Å². The van der Waals surface area contributed by atoms with E-state index in [4.69, 9.17) is 0 Å². The SMILES string of the molecule is CC(CO)(CSC1CCCC1)NC1CC1. The topological polar surface area (TPSA) is 32.3 Å². The molecule has 2 aliphatic carbocycles. The van der Waals surface area contributed by atoms with Crippen LogP contribution in [0, 0.1) is 0 Å². The molecule has 2 rings (SSSR count). The van der Waals surface area contributed by atoms with Crippen LogP contribution >= 0.6 is 11.8 Å². The summed E-state index contributed by atoms with van der Waals surface area (Å²) >= 11 is 2.06. The first-order chi connectivity index (χ1) is 7.22. The highest BCUT2D eigenvalue weighted by Gasteiger charge is 2.32. The molecule has 1 atom stereocenters. The fraction of sp³-hybridized carbons (Fsp3) is 1.00. The van der Waals surface area contributed by atoms with Crippen LogP contribution in [0.15, 0.2) is 0 Å². The summed E-state index contributed by atoms with van der Waals surface area (Å²) < 4.78 is 0. The van der Waals surface area contributed by atoms with Gasteiger partial charge in [-0.05, 0) is 32.6 Å². The van der Waals surface area contributed by atoms with Crippen molar-refractivity contribution in [2.75, 3.05) is 12.4 Å². The van der Waals surface area contributed by atoms with Crippen molar-refractivity contribution in [1.82, 2.24) is 5.32 Å². The van der Waals surface area contributed by atoms with Gasteiger partial charge in [-0.15, -0.1) is 0 Å². The van der Waals surface area contributed by atoms with Gasteiger partial charge < -0.3 is 10.4 Å². The highest BCUT2D eigenvalue weighted by atomic mass is 32.2. The van der Waals surface area contributed by atoms with E-state index >= 15 is 0 Å². The smallest absolute Gasteiger partial charge is 0.0618 e. The molecule has 15 heavy (non-hydrogen) atoms. The fourth-order valence-corrected chi connectivity index (χ4v) is 3.66. The Balaban J connectivity index is 1.72. The lowest BCUT2D eigenvalue weighted by atomic mass is 10.1. The third-order valence-corrected chi connectivity index (χ3v) is 5.17. The molecule has 2 aliphatic rings. The van der Waals surface area contributed by atoms with Crippen LogP contribution in [-0.4, -0.2) is 34.3 Å². The molecule has 0 aromatic rings. The van der Waals surface area contributed by atoms with Gasteiger partial charge in [-0.25, -0.2) is 0 Å². The minimum Gasteiger partial charge on any atom is -0.394 e. The van der Waals surface area contributed by atoms with Crippen LogP contribution in [0.2, 0.25) is 0 Å². The molecule has 2 nitrogen and oxygen atoms in total. The van der Waals surface area contributed by atoms with Crippen LogP contribution in [0.3, 0.4) is 0 Å². The van der Waals surface area contributed by atoms with Crippen molar-refractivity contribution < 1.29 is 5.11 Å². The predicted molar refractivity (Wildman–Crippen MR) is 66.4 cm³/mol. The second-order valence-corrected chi connectivity index (χ2v) is 6.64. The quantitative estimate of drug-likeness (QED) is 0.732. The van der Waals surface area contributed by atoms with Gasteiger partial charge in [0.2, 0.25) is 0 Å². The van der Waals surface area contributed by atoms with Crippen molar-refractivity contribution >= 4 is 11.8 Å². The molecular weight excluding hydrogens is 206 g/mol. The molecule has 0 bridgehead atoms. The Labute approximate surface area is 97.2 Å². The van der Waals surface area contributed by atoms with Crippen molar-refractivity contribution in [3.63, 3.8) is 0 Å². The molecule has 2 fully saturated rings. The zero-order chi connectivity index (χ0) is 10.7. The maximum Gasteiger partial charge on any atom is 0.0618 e. The summed E-state index contributed by atoms with van der Waals surface area (Å²) in [6.07, 6.45) is 8.17. The molecule has 0 aliphatic heterocycles. The van der Waals surface area contributed by atoms with Gasteiger partial charge in [0.25, 0.3) is 0 Å². The van der Waals surface area contributed by atoms with Crippen LogP contribution < -0.4 is 5.32 Å². The van der Waals surface area contributed by atoms with Gasteiger partial charge in [-0.3, -0.25) is 0 Å². The molecule has 0 aromatic carbocycles. The molecule has 0 amide bonds. The average molecular weight is 229 g/mol. The molecular formula is C12H23NOS. The van der Waals surface area contributed by atoms with Gasteiger partial charge >= 0.3 is 0 Å². The molecule has 3 heteroatoms. The Bertz CT molecular complexity index is 202. The predicted octanol–water partition coefficient (Wildman–Crippen LogP) is 2.17. The molecule has 2 saturated carbocycles. The van der Waals surface area contributed by atoms with Crippen LogP contribution in [0.5, 0.6) is 0 Å². The normalized spacial score (nSPS) is 26.8. The minimum absolute atomic E-state index is 0.0472. The third kappa shape index (κ3) is 3.65. The van der Waals surface area contributed by atoms with Crippen LogP contribution in [0.1, 0.15) is 45.4 Å². The van der Waals surface area contributed by atoms with E-state index in [1.54, 1.807) is 0 Å². The summed E-state index contributed by atoms with van der Waals surface area (Å²) in [7, 11) is 0. The second-order valence-electron chi connectivity index (χ2n) is 5.35. The highest BCUT2D eigenvalue weighted by Crippen LogP contribution is 2.32. The van der Waals surface area contributed by atoms with E-state index in [0.29, 0.717) is 6.04 Å². The summed E-state index contributed by atoms with van der Waals surface area (Å²) in [5.41, 5.74) is -0.0472. The Hall–Kier alpha value is 0.270. The number of thioether (sulfide) groups is 1. The first kappa shape index (κ1) is 11.7. The van der Waals surface area contributed by atoms with Crippen molar-refractivity contribution in [2.45, 2.75) is 62.3 Å². The molecule has 0 radical (unpaired) electrons. The standard InChI is InChI=1S/C12H23NOS/c1-12(8-14,13-10-6-7-10)9-15-11-4-2-3-5-11/h10-11,13-14H,2-9H2,1H3. The summed E-state index contributed by atoms with van der Waals surface area (Å²) in [6, 6.07) is 0.686. The number of aliphatic hydroxyl groups is 1. The van der Waals surface area contributed by atoms with Gasteiger partial charge in [0.05, 0.1) is 6.61 Å². The zero-order valence-electron chi connectivity index (χ0n) is 9.67. The lowest BCUT2D eigenvalue weighted by molar-refractivity contribution is 0.190. The summed E-state index contributed by atoms with van der Waals surface area (Å²) in [6.45, 7) is 2.43. The molecule has 2 N–H and O–H groups in total. The van der Waals surface area contributed by atoms with E-state index in [9.17, 15) is 5.11 Å². The maximum atomic E-state index is 9.46. The number of rotatable bonds is 6. The highest BCUT2D eigenvalue weighted by molar-refractivity contribution is 8.00. The van der Waals surface area contributed by atoms with E-state index in [-0.39, 0.29) is 12.1 Å². The van der Waals surface area contributed by atoms with E-state index in [1.807, 2.05) is 0 Å².